The number of amides is 1. The number of nitrogens with one attached hydrogen (secondary N) is 1. The van der Waals surface area contributed by atoms with Crippen LogP contribution in [0.2, 0.25) is 0 Å². The van der Waals surface area contributed by atoms with E-state index in [1.54, 1.807) is 6.20 Å². The second kappa shape index (κ2) is 22.6. The van der Waals surface area contributed by atoms with Crippen LogP contribution in [0, 0.1) is 0 Å². The van der Waals surface area contributed by atoms with Gasteiger partial charge in [-0.25, -0.2) is 0 Å². The highest BCUT2D eigenvalue weighted by Crippen LogP contribution is 2.32. The minimum absolute atomic E-state index is 0.0366. The quantitative estimate of drug-likeness (QED) is 0.0940. The second-order valence-corrected chi connectivity index (χ2v) is 16.4. The minimum atomic E-state index is -0.446. The van der Waals surface area contributed by atoms with E-state index in [0.717, 1.165) is 17.0 Å². The Hall–Kier alpha value is -4.51. The molecule has 0 saturated carbocycles. The van der Waals surface area contributed by atoms with Gasteiger partial charge in [-0.3, -0.25) is 14.7 Å². The maximum absolute atomic E-state index is 13.0. The maximum atomic E-state index is 13.0. The summed E-state index contributed by atoms with van der Waals surface area (Å²) in [6.07, 6.45) is 2.39. The number of carbonyl (C=O) groups excluding carboxylic acids is 1. The molecule has 6 aromatic rings. The van der Waals surface area contributed by atoms with E-state index in [1.807, 2.05) is 79.7 Å². The zero-order chi connectivity index (χ0) is 38.6. The van der Waals surface area contributed by atoms with Gasteiger partial charge in [0.05, 0.1) is 17.1 Å². The summed E-state index contributed by atoms with van der Waals surface area (Å²) in [5.74, 6) is 0.823. The Balaban J connectivity index is 0.000000249. The van der Waals surface area contributed by atoms with E-state index >= 15 is 0 Å². The number of rotatable bonds is 13. The van der Waals surface area contributed by atoms with Gasteiger partial charge in [0.2, 0.25) is 5.91 Å². The maximum Gasteiger partial charge on any atom is 0.237 e. The average Bonchev–Trinajstić information content (AvgIpc) is 3.21. The molecule has 5 aromatic carbocycles. The second-order valence-electron chi connectivity index (χ2n) is 13.3. The highest BCUT2D eigenvalue weighted by molar-refractivity contribution is 7.79. The number of likely N-dealkylation sites (N-methyl/N-ethyl adjacent to an activating group) is 1. The van der Waals surface area contributed by atoms with Crippen LogP contribution in [-0.4, -0.2) is 47.8 Å². The number of aromatic nitrogens is 1. The Morgan fingerprint density at radius 1 is 0.704 bits per heavy atom. The van der Waals surface area contributed by atoms with Crippen LogP contribution in [0.1, 0.15) is 30.7 Å². The monoisotopic (exact) mass is 777 g/mol. The molecule has 280 valence electrons. The van der Waals surface area contributed by atoms with Gasteiger partial charge in [0.25, 0.3) is 0 Å². The van der Waals surface area contributed by atoms with E-state index in [9.17, 15) is 4.79 Å². The molecule has 0 radical (unpaired) electrons. The molecule has 0 fully saturated rings. The predicted octanol–water partition coefficient (Wildman–Crippen LogP) is 9.09. The van der Waals surface area contributed by atoms with Crippen molar-refractivity contribution >= 4 is 52.9 Å². The summed E-state index contributed by atoms with van der Waals surface area (Å²) in [6.45, 7) is 5.31. The Labute approximate surface area is 333 Å². The molecule has 0 aliphatic carbocycles. The van der Waals surface area contributed by atoms with Crippen molar-refractivity contribution < 1.29 is 9.53 Å². The number of ether oxygens (including phenoxy) is 1. The van der Waals surface area contributed by atoms with Crippen molar-refractivity contribution in [3.63, 3.8) is 0 Å². The molecule has 8 heteroatoms. The number of alkyl halides is 2. The van der Waals surface area contributed by atoms with Crippen molar-refractivity contribution in [2.75, 3.05) is 26.0 Å². The molecule has 1 amide bonds. The summed E-state index contributed by atoms with van der Waals surface area (Å²) in [5, 5.41) is 7.55. The molecular formula is C46H50Cl2N3O2P. The zero-order valence-corrected chi connectivity index (χ0v) is 33.9. The van der Waals surface area contributed by atoms with Crippen LogP contribution in [-0.2, 0) is 23.2 Å². The fourth-order valence-corrected chi connectivity index (χ4v) is 8.00. The van der Waals surface area contributed by atoms with Crippen molar-refractivity contribution in [1.29, 1.82) is 0 Å². The lowest BCUT2D eigenvalue weighted by molar-refractivity contribution is -0.125. The van der Waals surface area contributed by atoms with Crippen LogP contribution in [0.3, 0.4) is 0 Å². The lowest BCUT2D eigenvalue weighted by Crippen LogP contribution is -2.48. The van der Waals surface area contributed by atoms with Gasteiger partial charge in [0.1, 0.15) is 12.4 Å². The van der Waals surface area contributed by atoms with Crippen molar-refractivity contribution in [3.8, 4) is 5.75 Å². The van der Waals surface area contributed by atoms with E-state index in [1.165, 1.54) is 21.5 Å². The number of hydrogen-bond donors (Lipinski definition) is 1. The number of pyridine rings is 1. The summed E-state index contributed by atoms with van der Waals surface area (Å²) in [4.78, 5) is 19.2. The van der Waals surface area contributed by atoms with Crippen LogP contribution in [0.25, 0.3) is 0 Å². The van der Waals surface area contributed by atoms with Crippen molar-refractivity contribution in [1.82, 2.24) is 15.2 Å². The first-order valence-electron chi connectivity index (χ1n) is 17.9. The molecule has 1 atom stereocenters. The number of carbonyl (C=O) groups is 1. The molecule has 1 aromatic heterocycles. The normalized spacial score (nSPS) is 11.4. The third-order valence-corrected chi connectivity index (χ3v) is 11.1. The summed E-state index contributed by atoms with van der Waals surface area (Å²) in [7, 11) is 3.44. The van der Waals surface area contributed by atoms with E-state index < -0.39 is 7.92 Å². The van der Waals surface area contributed by atoms with Gasteiger partial charge in [-0.05, 0) is 79.7 Å². The van der Waals surface area contributed by atoms with Gasteiger partial charge in [-0.1, -0.05) is 153 Å². The predicted molar refractivity (Wildman–Crippen MR) is 230 cm³/mol. The molecule has 5 nitrogen and oxygen atoms in total. The first-order chi connectivity index (χ1) is 26.2. The van der Waals surface area contributed by atoms with Gasteiger partial charge >= 0.3 is 0 Å². The smallest absolute Gasteiger partial charge is 0.237 e. The topological polar surface area (TPSA) is 54.5 Å². The third-order valence-electron chi connectivity index (χ3n) is 8.69. The van der Waals surface area contributed by atoms with Gasteiger partial charge in [-0.15, -0.1) is 23.2 Å². The number of benzene rings is 5. The first kappa shape index (κ1) is 42.2. The summed E-state index contributed by atoms with van der Waals surface area (Å²) in [6, 6.07) is 56.1. The van der Waals surface area contributed by atoms with Crippen LogP contribution in [0.15, 0.2) is 170 Å². The SMILES string of the molecule is CN(C)C(Cc1ccc(OCc2ccccn2)cc1)C(=O)NCC(C)(C)c1ccccc1.ClCCl.c1ccc(P(c2ccccc2)c2ccccc2)cc1. The Morgan fingerprint density at radius 3 is 1.61 bits per heavy atom. The Bertz CT molecular complexity index is 1810. The number of nitrogens with zero attached hydrogens (tertiary/aromatic N) is 2. The van der Waals surface area contributed by atoms with Crippen molar-refractivity contribution in [2.24, 2.45) is 0 Å². The molecule has 0 aliphatic heterocycles. The molecular weight excluding hydrogens is 728 g/mol. The molecule has 6 rings (SSSR count). The summed E-state index contributed by atoms with van der Waals surface area (Å²) >= 11 is 9.53. The first-order valence-corrected chi connectivity index (χ1v) is 20.3. The van der Waals surface area contributed by atoms with Gasteiger partial charge in [-0.2, -0.15) is 0 Å². The van der Waals surface area contributed by atoms with E-state index in [-0.39, 0.29) is 22.7 Å². The Kier molecular flexibility index (Phi) is 17.7. The summed E-state index contributed by atoms with van der Waals surface area (Å²) < 4.78 is 5.81. The molecule has 1 heterocycles. The highest BCUT2D eigenvalue weighted by Gasteiger charge is 2.26. The average molecular weight is 779 g/mol. The van der Waals surface area contributed by atoms with Crippen LogP contribution >= 0.6 is 31.1 Å². The largest absolute Gasteiger partial charge is 0.487 e. The van der Waals surface area contributed by atoms with Crippen LogP contribution in [0.5, 0.6) is 5.75 Å². The third kappa shape index (κ3) is 13.7. The fourth-order valence-electron chi connectivity index (χ4n) is 5.69. The minimum Gasteiger partial charge on any atom is -0.487 e. The van der Waals surface area contributed by atoms with E-state index in [4.69, 9.17) is 27.9 Å². The van der Waals surface area contributed by atoms with Crippen LogP contribution < -0.4 is 26.0 Å². The lowest BCUT2D eigenvalue weighted by Gasteiger charge is -2.29. The Morgan fingerprint density at radius 2 is 1.17 bits per heavy atom. The molecule has 0 bridgehead atoms. The van der Waals surface area contributed by atoms with Gasteiger partial charge < -0.3 is 10.1 Å². The summed E-state index contributed by atoms with van der Waals surface area (Å²) in [5.41, 5.74) is 3.05. The molecule has 54 heavy (non-hydrogen) atoms. The molecule has 0 aliphatic rings. The molecule has 1 unspecified atom stereocenters. The standard InChI is InChI=1S/C27H33N3O2.C18H15P.CH2Cl2/c1-27(2,22-10-6-5-7-11-22)20-29-26(31)25(30(3)4)18-21-13-15-24(16-14-21)32-19-23-12-8-9-17-28-23;1-4-10-16(11-5-1)19(17-12-6-2-7-13-17)18-14-8-3-9-15-18;2-1-3/h5-17,25H,18-20H2,1-4H3,(H,29,31);1-15H;1H2. The molecule has 1 N–H and O–H groups in total. The number of hydrogen-bond acceptors (Lipinski definition) is 4. The van der Waals surface area contributed by atoms with Gasteiger partial charge in [0.15, 0.2) is 0 Å². The molecule has 0 saturated heterocycles. The number of halogens is 2. The van der Waals surface area contributed by atoms with Crippen molar-refractivity contribution in [2.45, 2.75) is 38.3 Å². The fraction of sp³-hybridized carbons (Fsp3) is 0.217. The lowest BCUT2D eigenvalue weighted by atomic mass is 9.84. The highest BCUT2D eigenvalue weighted by atomic mass is 35.5. The van der Waals surface area contributed by atoms with Crippen molar-refractivity contribution in [3.05, 3.63) is 187 Å². The van der Waals surface area contributed by atoms with Crippen LogP contribution in [0.4, 0.5) is 0 Å². The van der Waals surface area contributed by atoms with Gasteiger partial charge in [0, 0.05) is 18.2 Å². The molecule has 0 spiro atoms. The zero-order valence-electron chi connectivity index (χ0n) is 31.5. The van der Waals surface area contributed by atoms with E-state index in [2.05, 4.69) is 127 Å². The van der Waals surface area contributed by atoms with E-state index in [0.29, 0.717) is 19.6 Å².